The van der Waals surface area contributed by atoms with E-state index in [1.807, 2.05) is 0 Å². The third kappa shape index (κ3) is 8.01. The number of pyridine rings is 1. The summed E-state index contributed by atoms with van der Waals surface area (Å²) in [6.07, 6.45) is -2.43. The first-order valence-corrected chi connectivity index (χ1v) is 16.7. The van der Waals surface area contributed by atoms with Gasteiger partial charge in [-0.05, 0) is 49.2 Å². The summed E-state index contributed by atoms with van der Waals surface area (Å²) in [5, 5.41) is 7.91. The molecular formula is C31H33F3N7O7P. The molecule has 3 N–H and O–H groups in total. The maximum Gasteiger partial charge on any atom is 0.421 e. The Balaban J connectivity index is 1.67. The molecule has 0 aliphatic carbocycles. The molecule has 8 rings (SSSR count). The third-order valence-corrected chi connectivity index (χ3v) is 9.30. The zero-order chi connectivity index (χ0) is 35.3. The third-order valence-electron chi connectivity index (χ3n) is 7.32. The number of anilines is 4. The van der Waals surface area contributed by atoms with Crippen molar-refractivity contribution >= 4 is 42.6 Å². The van der Waals surface area contributed by atoms with Gasteiger partial charge in [-0.1, -0.05) is 6.07 Å². The Bertz CT molecular complexity index is 1920. The molecule has 4 aliphatic rings. The number of aryl methyl sites for hydroxylation is 1. The maximum atomic E-state index is 14.1. The number of halogens is 3. The van der Waals surface area contributed by atoms with Crippen LogP contribution in [0.5, 0.6) is 5.75 Å². The highest BCUT2D eigenvalue weighted by atomic mass is 31.2. The van der Waals surface area contributed by atoms with Gasteiger partial charge in [0.25, 0.3) is 5.91 Å². The molecule has 0 spiro atoms. The van der Waals surface area contributed by atoms with E-state index >= 15 is 0 Å². The van der Waals surface area contributed by atoms with Crippen LogP contribution in [0.1, 0.15) is 45.4 Å². The average Bonchev–Trinajstić information content (AvgIpc) is 3.50. The van der Waals surface area contributed by atoms with Crippen LogP contribution < -0.4 is 20.7 Å². The number of alkyl halides is 3. The Morgan fingerprint density at radius 3 is 2.57 bits per heavy atom. The van der Waals surface area contributed by atoms with Crippen LogP contribution in [0.2, 0.25) is 0 Å². The fraction of sp³-hybridized carbons (Fsp3) is 0.323. The second-order valence-corrected chi connectivity index (χ2v) is 12.6. The first-order chi connectivity index (χ1) is 23.4. The van der Waals surface area contributed by atoms with Crippen molar-refractivity contribution in [2.75, 3.05) is 45.1 Å². The van der Waals surface area contributed by atoms with Gasteiger partial charge in [0.05, 0.1) is 50.7 Å². The van der Waals surface area contributed by atoms with E-state index in [1.54, 1.807) is 35.9 Å². The molecule has 14 nitrogen and oxygen atoms in total. The van der Waals surface area contributed by atoms with Gasteiger partial charge < -0.3 is 39.0 Å². The van der Waals surface area contributed by atoms with Gasteiger partial charge in [0.1, 0.15) is 22.8 Å². The summed E-state index contributed by atoms with van der Waals surface area (Å²) < 4.78 is 79.5. The van der Waals surface area contributed by atoms with Crippen LogP contribution >= 0.6 is 7.60 Å². The molecule has 1 amide bonds. The van der Waals surface area contributed by atoms with Crippen molar-refractivity contribution in [3.05, 3.63) is 71.3 Å². The van der Waals surface area contributed by atoms with Crippen molar-refractivity contribution in [2.45, 2.75) is 32.2 Å². The lowest BCUT2D eigenvalue weighted by Gasteiger charge is -2.19. The fourth-order valence-electron chi connectivity index (χ4n) is 5.04. The zero-order valence-corrected chi connectivity index (χ0v) is 27.8. The number of benzene rings is 1. The minimum Gasteiger partial charge on any atom is -0.495 e. The average molecular weight is 704 g/mol. The number of esters is 1. The number of hydrogen-bond donors (Lipinski definition) is 3. The standard InChI is InChI=1S/C31H33F3N7O7P/c1-5-47-49(44)17-18-7-8-22(25(13-18)45-3)39-30-36-15-20(31(32,33)34)27(40-30)38-23-10-9-21(37-26(23)28(42)35-2)19-14-24(29(43)46-4)41(16-19)11-6-12-48-49/h7-10,13-16H,5-6,11-12,17H2,1-4H3,(H,35,42)(H2,36,38,39,40)/t49-/m1/s1. The van der Waals surface area contributed by atoms with Crippen LogP contribution in [0.4, 0.5) is 36.3 Å². The van der Waals surface area contributed by atoms with E-state index in [2.05, 4.69) is 30.9 Å². The smallest absolute Gasteiger partial charge is 0.421 e. The molecule has 4 aromatic rings. The van der Waals surface area contributed by atoms with Crippen LogP contribution in [0.15, 0.2) is 48.8 Å². The summed E-state index contributed by atoms with van der Waals surface area (Å²) >= 11 is 0. The van der Waals surface area contributed by atoms with Gasteiger partial charge in [-0.15, -0.1) is 0 Å². The van der Waals surface area contributed by atoms with Crippen LogP contribution in [0, 0.1) is 0 Å². The molecule has 4 aliphatic heterocycles. The van der Waals surface area contributed by atoms with Gasteiger partial charge in [0, 0.05) is 31.5 Å². The molecule has 0 saturated heterocycles. The minimum atomic E-state index is -4.87. The number of hydrogen-bond acceptors (Lipinski definition) is 12. The highest BCUT2D eigenvalue weighted by molar-refractivity contribution is 7.53. The summed E-state index contributed by atoms with van der Waals surface area (Å²) in [4.78, 5) is 38.0. The fourth-order valence-corrected chi connectivity index (χ4v) is 6.74. The second kappa shape index (κ2) is 14.6. The molecular weight excluding hydrogens is 670 g/mol. The van der Waals surface area contributed by atoms with Crippen molar-refractivity contribution in [2.24, 2.45) is 0 Å². The molecule has 0 unspecified atom stereocenters. The Morgan fingerprint density at radius 1 is 1.10 bits per heavy atom. The lowest BCUT2D eigenvalue weighted by molar-refractivity contribution is -0.137. The number of methoxy groups -OCH3 is 2. The quantitative estimate of drug-likeness (QED) is 0.160. The Kier molecular flexibility index (Phi) is 10.6. The van der Waals surface area contributed by atoms with Crippen molar-refractivity contribution < 1.29 is 45.8 Å². The molecule has 1 atom stereocenters. The molecule has 49 heavy (non-hydrogen) atoms. The monoisotopic (exact) mass is 703 g/mol. The number of nitrogens with one attached hydrogen (secondary N) is 3. The summed E-state index contributed by atoms with van der Waals surface area (Å²) in [7, 11) is 0.306. The van der Waals surface area contributed by atoms with E-state index in [0.717, 1.165) is 0 Å². The maximum absolute atomic E-state index is 14.1. The number of rotatable bonds is 5. The van der Waals surface area contributed by atoms with Gasteiger partial charge in [-0.3, -0.25) is 9.36 Å². The molecule has 18 heteroatoms. The summed E-state index contributed by atoms with van der Waals surface area (Å²) in [5.41, 5.74) is 0.141. The Labute approximate surface area is 278 Å². The first-order valence-electron chi connectivity index (χ1n) is 14.9. The van der Waals surface area contributed by atoms with E-state index in [0.29, 0.717) is 29.4 Å². The molecule has 0 radical (unpaired) electrons. The number of aromatic nitrogens is 4. The summed E-state index contributed by atoms with van der Waals surface area (Å²) in [5.74, 6) is -1.98. The molecule has 8 bridgehead atoms. The summed E-state index contributed by atoms with van der Waals surface area (Å²) in [6.45, 7) is 2.07. The zero-order valence-electron chi connectivity index (χ0n) is 26.9. The molecule has 3 aromatic heterocycles. The highest BCUT2D eigenvalue weighted by Gasteiger charge is 2.36. The highest BCUT2D eigenvalue weighted by Crippen LogP contribution is 2.52. The van der Waals surface area contributed by atoms with E-state index in [-0.39, 0.29) is 60.4 Å². The Morgan fingerprint density at radius 2 is 1.88 bits per heavy atom. The minimum absolute atomic E-state index is 0.0230. The summed E-state index contributed by atoms with van der Waals surface area (Å²) in [6, 6.07) is 9.14. The van der Waals surface area contributed by atoms with Crippen molar-refractivity contribution in [1.29, 1.82) is 0 Å². The van der Waals surface area contributed by atoms with Crippen LogP contribution in [0.25, 0.3) is 11.3 Å². The van der Waals surface area contributed by atoms with Crippen LogP contribution in [0.3, 0.4) is 0 Å². The lowest BCUT2D eigenvalue weighted by Crippen LogP contribution is -2.21. The number of carbonyl (C=O) groups excluding carboxylic acids is 2. The number of ether oxygens (including phenoxy) is 2. The van der Waals surface area contributed by atoms with Crippen molar-refractivity contribution in [3.63, 3.8) is 0 Å². The van der Waals surface area contributed by atoms with Crippen molar-refractivity contribution in [1.82, 2.24) is 24.8 Å². The SMILES string of the molecule is CCO[P@]1(=O)Cc2ccc(c(OC)c2)Nc2ncc(C(F)(F)F)c(n2)Nc2ccc(nc2C(=O)NC)-c2cc(C(=O)OC)n(c2)CCCO1. The van der Waals surface area contributed by atoms with Gasteiger partial charge in [0.2, 0.25) is 5.95 Å². The molecule has 0 fully saturated rings. The van der Waals surface area contributed by atoms with Gasteiger partial charge in [-0.2, -0.15) is 18.2 Å². The molecule has 1 aromatic carbocycles. The van der Waals surface area contributed by atoms with E-state index in [1.165, 1.54) is 39.5 Å². The lowest BCUT2D eigenvalue weighted by atomic mass is 10.1. The van der Waals surface area contributed by atoms with Crippen molar-refractivity contribution in [3.8, 4) is 17.0 Å². The number of carbonyl (C=O) groups is 2. The molecule has 0 saturated carbocycles. The van der Waals surface area contributed by atoms with Gasteiger partial charge in [-0.25, -0.2) is 14.8 Å². The van der Waals surface area contributed by atoms with E-state index in [9.17, 15) is 27.3 Å². The van der Waals surface area contributed by atoms with Crippen LogP contribution in [-0.2, 0) is 37.2 Å². The number of nitrogens with zero attached hydrogens (tertiary/aromatic N) is 4. The van der Waals surface area contributed by atoms with Crippen LogP contribution in [-0.4, -0.2) is 65.9 Å². The van der Waals surface area contributed by atoms with E-state index in [4.69, 9.17) is 18.5 Å². The first kappa shape index (κ1) is 35.3. The predicted molar refractivity (Wildman–Crippen MR) is 172 cm³/mol. The molecule has 260 valence electrons. The normalized spacial score (nSPS) is 16.5. The topological polar surface area (TPSA) is 168 Å². The predicted octanol–water partition coefficient (Wildman–Crippen LogP) is 6.15. The molecule has 7 heterocycles. The van der Waals surface area contributed by atoms with Gasteiger partial charge in [0.15, 0.2) is 5.69 Å². The number of amides is 1. The van der Waals surface area contributed by atoms with Gasteiger partial charge >= 0.3 is 19.7 Å². The second-order valence-electron chi connectivity index (χ2n) is 10.6. The van der Waals surface area contributed by atoms with E-state index < -0.39 is 37.0 Å². The largest absolute Gasteiger partial charge is 0.495 e. The Hall–Kier alpha value is -4.99.